The van der Waals surface area contributed by atoms with Gasteiger partial charge in [0.15, 0.2) is 27.2 Å². The third kappa shape index (κ3) is 5.38. The fraction of sp³-hybridized carbons (Fsp3) is 0.304. The lowest BCUT2D eigenvalue weighted by atomic mass is 10.1. The molecule has 0 bridgehead atoms. The number of rotatable bonds is 10. The Balaban J connectivity index is 1.83. The number of aromatic nitrogens is 7. The van der Waals surface area contributed by atoms with Gasteiger partial charge >= 0.3 is 0 Å². The first-order valence-corrected chi connectivity index (χ1v) is 13.0. The van der Waals surface area contributed by atoms with Crippen molar-refractivity contribution in [2.24, 2.45) is 0 Å². The SMILES string of the molecule is COc1ncnc(OC)c1-n1c(CS(=O)(=O)[C@H](C)[C@@H](OC)c2ccc(Cl)nc2)nnc1-c1cccnc1. The summed E-state index contributed by atoms with van der Waals surface area (Å²) in [7, 11) is 0.431. The monoisotopic (exact) mass is 545 g/mol. The topological polar surface area (TPSA) is 144 Å². The van der Waals surface area contributed by atoms with Gasteiger partial charge in [0.2, 0.25) is 11.8 Å². The Hall–Kier alpha value is -3.68. The molecule has 12 nitrogen and oxygen atoms in total. The number of halogens is 1. The minimum Gasteiger partial charge on any atom is -0.479 e. The highest BCUT2D eigenvalue weighted by atomic mass is 35.5. The zero-order valence-corrected chi connectivity index (χ0v) is 22.0. The van der Waals surface area contributed by atoms with Crippen molar-refractivity contribution in [3.05, 3.63) is 65.7 Å². The highest BCUT2D eigenvalue weighted by Gasteiger charge is 2.34. The Morgan fingerprint density at radius 1 is 1.00 bits per heavy atom. The van der Waals surface area contributed by atoms with E-state index in [1.807, 2.05) is 0 Å². The Labute approximate surface area is 218 Å². The summed E-state index contributed by atoms with van der Waals surface area (Å²) in [5.41, 5.74) is 1.40. The van der Waals surface area contributed by atoms with Crippen molar-refractivity contribution < 1.29 is 22.6 Å². The van der Waals surface area contributed by atoms with Crippen molar-refractivity contribution in [3.8, 4) is 28.8 Å². The molecular weight excluding hydrogens is 522 g/mol. The van der Waals surface area contributed by atoms with Crippen LogP contribution in [0.2, 0.25) is 5.15 Å². The first-order chi connectivity index (χ1) is 17.8. The number of hydrogen-bond donors (Lipinski definition) is 0. The molecule has 2 atom stereocenters. The first-order valence-electron chi connectivity index (χ1n) is 10.9. The molecule has 37 heavy (non-hydrogen) atoms. The quantitative estimate of drug-likeness (QED) is 0.271. The molecule has 0 fully saturated rings. The van der Waals surface area contributed by atoms with Crippen LogP contribution in [0.25, 0.3) is 17.1 Å². The van der Waals surface area contributed by atoms with Gasteiger partial charge in [0.05, 0.1) is 19.5 Å². The van der Waals surface area contributed by atoms with Crippen molar-refractivity contribution >= 4 is 21.4 Å². The molecule has 0 spiro atoms. The molecule has 0 unspecified atom stereocenters. The van der Waals surface area contributed by atoms with Crippen LogP contribution in [0.15, 0.2) is 49.2 Å². The minimum atomic E-state index is -3.87. The Morgan fingerprint density at radius 3 is 2.30 bits per heavy atom. The third-order valence-electron chi connectivity index (χ3n) is 5.67. The number of ether oxygens (including phenoxy) is 3. The van der Waals surface area contributed by atoms with Gasteiger partial charge in [0.1, 0.15) is 23.3 Å². The third-order valence-corrected chi connectivity index (χ3v) is 7.94. The molecule has 0 aromatic carbocycles. The highest BCUT2D eigenvalue weighted by Crippen LogP contribution is 2.34. The van der Waals surface area contributed by atoms with Crippen LogP contribution < -0.4 is 9.47 Å². The first kappa shape index (κ1) is 26.4. The summed E-state index contributed by atoms with van der Waals surface area (Å²) < 4.78 is 45.3. The van der Waals surface area contributed by atoms with Gasteiger partial charge in [0, 0.05) is 36.8 Å². The van der Waals surface area contributed by atoms with Crippen LogP contribution in [0.3, 0.4) is 0 Å². The zero-order valence-electron chi connectivity index (χ0n) is 20.4. The Bertz CT molecular complexity index is 1440. The van der Waals surface area contributed by atoms with Crippen LogP contribution in [0, 0.1) is 0 Å². The second kappa shape index (κ2) is 11.2. The maximum atomic E-state index is 13.7. The average Bonchev–Trinajstić information content (AvgIpc) is 3.32. The molecule has 14 heteroatoms. The molecule has 0 radical (unpaired) electrons. The Morgan fingerprint density at radius 2 is 1.73 bits per heavy atom. The molecule has 0 amide bonds. The fourth-order valence-corrected chi connectivity index (χ4v) is 5.38. The minimum absolute atomic E-state index is 0.0983. The molecule has 4 heterocycles. The summed E-state index contributed by atoms with van der Waals surface area (Å²) in [6.07, 6.45) is 5.16. The molecule has 0 aliphatic rings. The van der Waals surface area contributed by atoms with E-state index in [2.05, 4.69) is 30.1 Å². The number of sulfone groups is 1. The van der Waals surface area contributed by atoms with Gasteiger partial charge in [-0.05, 0) is 25.1 Å². The molecule has 4 aromatic rings. The lowest BCUT2D eigenvalue weighted by Crippen LogP contribution is -2.29. The molecule has 0 N–H and O–H groups in total. The molecular formula is C23H24ClN7O5S. The van der Waals surface area contributed by atoms with E-state index in [1.165, 1.54) is 38.4 Å². The summed E-state index contributed by atoms with van der Waals surface area (Å²) in [6.45, 7) is 1.56. The average molecular weight is 546 g/mol. The summed E-state index contributed by atoms with van der Waals surface area (Å²) in [4.78, 5) is 16.5. The second-order valence-corrected chi connectivity index (χ2v) is 10.6. The summed E-state index contributed by atoms with van der Waals surface area (Å²) in [6, 6.07) is 6.75. The van der Waals surface area contributed by atoms with E-state index in [0.717, 1.165) is 0 Å². The number of nitrogens with zero attached hydrogens (tertiary/aromatic N) is 7. The Kier molecular flexibility index (Phi) is 7.95. The van der Waals surface area contributed by atoms with E-state index in [1.54, 1.807) is 43.6 Å². The summed E-state index contributed by atoms with van der Waals surface area (Å²) >= 11 is 5.89. The van der Waals surface area contributed by atoms with Gasteiger partial charge in [-0.1, -0.05) is 17.7 Å². The molecule has 0 aliphatic carbocycles. The fourth-order valence-electron chi connectivity index (χ4n) is 3.82. The normalized spacial score (nSPS) is 13.2. The van der Waals surface area contributed by atoms with Gasteiger partial charge in [-0.2, -0.15) is 9.97 Å². The largest absolute Gasteiger partial charge is 0.479 e. The lowest BCUT2D eigenvalue weighted by molar-refractivity contribution is 0.102. The van der Waals surface area contributed by atoms with Gasteiger partial charge < -0.3 is 14.2 Å². The summed E-state index contributed by atoms with van der Waals surface area (Å²) in [5.74, 6) is 0.212. The lowest BCUT2D eigenvalue weighted by Gasteiger charge is -2.23. The van der Waals surface area contributed by atoms with E-state index in [4.69, 9.17) is 25.8 Å². The van der Waals surface area contributed by atoms with Crippen LogP contribution in [0.5, 0.6) is 11.8 Å². The van der Waals surface area contributed by atoms with Crippen LogP contribution in [0.1, 0.15) is 24.4 Å². The van der Waals surface area contributed by atoms with Crippen LogP contribution in [-0.2, 0) is 20.3 Å². The van der Waals surface area contributed by atoms with Crippen molar-refractivity contribution in [3.63, 3.8) is 0 Å². The van der Waals surface area contributed by atoms with E-state index in [9.17, 15) is 8.42 Å². The van der Waals surface area contributed by atoms with Gasteiger partial charge in [-0.25, -0.2) is 13.4 Å². The van der Waals surface area contributed by atoms with Crippen molar-refractivity contribution in [2.75, 3.05) is 21.3 Å². The maximum Gasteiger partial charge on any atom is 0.245 e. The summed E-state index contributed by atoms with van der Waals surface area (Å²) in [5, 5.41) is 7.82. The predicted molar refractivity (Wildman–Crippen MR) is 134 cm³/mol. The number of pyridine rings is 2. The maximum absolute atomic E-state index is 13.7. The van der Waals surface area contributed by atoms with Crippen molar-refractivity contribution in [2.45, 2.75) is 24.0 Å². The number of methoxy groups -OCH3 is 3. The molecule has 194 valence electrons. The van der Waals surface area contributed by atoms with Gasteiger partial charge in [0.25, 0.3) is 0 Å². The van der Waals surface area contributed by atoms with Crippen molar-refractivity contribution in [1.82, 2.24) is 34.7 Å². The van der Waals surface area contributed by atoms with Crippen LogP contribution >= 0.6 is 11.6 Å². The van der Waals surface area contributed by atoms with Crippen LogP contribution in [0.4, 0.5) is 0 Å². The van der Waals surface area contributed by atoms with E-state index in [-0.39, 0.29) is 28.4 Å². The molecule has 4 aromatic heterocycles. The smallest absolute Gasteiger partial charge is 0.245 e. The number of hydrogen-bond acceptors (Lipinski definition) is 11. The van der Waals surface area contributed by atoms with Gasteiger partial charge in [-0.3, -0.25) is 9.55 Å². The molecule has 0 saturated carbocycles. The van der Waals surface area contributed by atoms with E-state index in [0.29, 0.717) is 17.0 Å². The highest BCUT2D eigenvalue weighted by molar-refractivity contribution is 7.91. The van der Waals surface area contributed by atoms with E-state index >= 15 is 0 Å². The second-order valence-electron chi connectivity index (χ2n) is 7.84. The standard InChI is InChI=1S/C23H24ClN7O5S/c1-14(20(34-2)15-7-8-17(24)26-11-15)37(32,33)12-18-29-30-21(16-6-5-9-25-10-16)31(18)19-22(35-3)27-13-28-23(19)36-4/h5-11,13-14,20H,12H2,1-4H3/t14-,20-/m1/s1. The predicted octanol–water partition coefficient (Wildman–Crippen LogP) is 2.88. The van der Waals surface area contributed by atoms with Gasteiger partial charge in [-0.15, -0.1) is 10.2 Å². The zero-order chi connectivity index (χ0) is 26.6. The van der Waals surface area contributed by atoms with Crippen LogP contribution in [-0.4, -0.2) is 69.7 Å². The van der Waals surface area contributed by atoms with Crippen molar-refractivity contribution in [1.29, 1.82) is 0 Å². The van der Waals surface area contributed by atoms with E-state index < -0.39 is 26.9 Å². The molecule has 4 rings (SSSR count). The molecule has 0 saturated heterocycles. The molecule has 0 aliphatic heterocycles.